The van der Waals surface area contributed by atoms with Gasteiger partial charge in [0.1, 0.15) is 0 Å². The van der Waals surface area contributed by atoms with Crippen molar-refractivity contribution in [2.75, 3.05) is 21.3 Å². The first kappa shape index (κ1) is 15.8. The molecule has 0 amide bonds. The first-order valence-electron chi connectivity index (χ1n) is 4.99. The molecule has 0 heterocycles. The van der Waals surface area contributed by atoms with E-state index in [-0.39, 0.29) is 0 Å². The Kier molecular flexibility index (Phi) is 5.90. The summed E-state index contributed by atoms with van der Waals surface area (Å²) in [7, 11) is -1.14. The molecule has 1 unspecified atom stereocenters. The van der Waals surface area contributed by atoms with Crippen LogP contribution in [0.4, 0.5) is 0 Å². The Hall–Kier alpha value is -0.163. The molecule has 0 aromatic rings. The fourth-order valence-corrected chi connectivity index (χ4v) is 6.26. The number of carbonyl (C=O) groups excluding carboxylic acids is 1. The van der Waals surface area contributed by atoms with Crippen LogP contribution < -0.4 is 0 Å². The molecule has 0 fully saturated rings. The van der Waals surface area contributed by atoms with Crippen LogP contribution >= 0.6 is 7.60 Å². The minimum absolute atomic E-state index is 0.513. The Morgan fingerprint density at radius 3 is 1.88 bits per heavy atom. The molecule has 16 heavy (non-hydrogen) atoms. The highest BCUT2D eigenvalue weighted by Gasteiger charge is 2.43. The molecule has 0 radical (unpaired) electrons. The van der Waals surface area contributed by atoms with Crippen molar-refractivity contribution in [3.8, 4) is 0 Å². The van der Waals surface area contributed by atoms with Crippen LogP contribution in [0.25, 0.3) is 0 Å². The van der Waals surface area contributed by atoms with Gasteiger partial charge in [-0.15, -0.1) is 0 Å². The van der Waals surface area contributed by atoms with Gasteiger partial charge in [0.25, 0.3) is 0 Å². The van der Waals surface area contributed by atoms with Crippen LogP contribution in [0.2, 0.25) is 25.7 Å². The molecule has 0 spiro atoms. The molecule has 7 heteroatoms. The molecule has 0 aliphatic carbocycles. The zero-order valence-corrected chi connectivity index (χ0v) is 12.7. The summed E-state index contributed by atoms with van der Waals surface area (Å²) in [6.07, 6.45) is 0. The summed E-state index contributed by atoms with van der Waals surface area (Å²) in [5.41, 5.74) is -0.820. The SMILES string of the molecule is COC(=O)C(C[Si](C)(C)C)P(=O)(OC)OC. The first-order valence-corrected chi connectivity index (χ1v) is 10.3. The fraction of sp³-hybridized carbons (Fsp3) is 0.889. The largest absolute Gasteiger partial charge is 0.468 e. The number of hydrogen-bond acceptors (Lipinski definition) is 5. The summed E-state index contributed by atoms with van der Waals surface area (Å²) in [6.45, 7) is 6.25. The Bertz CT molecular complexity index is 278. The highest BCUT2D eigenvalue weighted by Crippen LogP contribution is 2.54. The Labute approximate surface area is 98.0 Å². The van der Waals surface area contributed by atoms with Crippen molar-refractivity contribution in [2.24, 2.45) is 0 Å². The van der Waals surface area contributed by atoms with Gasteiger partial charge in [0, 0.05) is 22.3 Å². The Morgan fingerprint density at radius 2 is 1.62 bits per heavy atom. The van der Waals surface area contributed by atoms with E-state index < -0.39 is 27.3 Å². The van der Waals surface area contributed by atoms with E-state index in [1.807, 2.05) is 0 Å². The lowest BCUT2D eigenvalue weighted by Crippen LogP contribution is -2.33. The average molecular weight is 268 g/mol. The molecule has 0 bridgehead atoms. The van der Waals surface area contributed by atoms with Gasteiger partial charge < -0.3 is 13.8 Å². The van der Waals surface area contributed by atoms with Gasteiger partial charge in [-0.05, 0) is 6.04 Å². The number of rotatable bonds is 6. The predicted octanol–water partition coefficient (Wildman–Crippen LogP) is 2.35. The molecule has 0 saturated carbocycles. The third-order valence-corrected chi connectivity index (χ3v) is 6.32. The summed E-state index contributed by atoms with van der Waals surface area (Å²) >= 11 is 0. The molecule has 0 saturated heterocycles. The smallest absolute Gasteiger partial charge is 0.344 e. The van der Waals surface area contributed by atoms with Crippen LogP contribution in [0, 0.1) is 0 Å². The zero-order valence-electron chi connectivity index (χ0n) is 10.8. The molecule has 0 aliphatic heterocycles. The van der Waals surface area contributed by atoms with Crippen molar-refractivity contribution >= 4 is 21.6 Å². The van der Waals surface area contributed by atoms with Crippen LogP contribution in [-0.2, 0) is 23.1 Å². The molecule has 0 aliphatic rings. The van der Waals surface area contributed by atoms with Crippen LogP contribution in [0.15, 0.2) is 0 Å². The van der Waals surface area contributed by atoms with E-state index in [4.69, 9.17) is 9.05 Å². The third kappa shape index (κ3) is 4.37. The van der Waals surface area contributed by atoms with E-state index in [1.54, 1.807) is 0 Å². The number of methoxy groups -OCH3 is 1. The average Bonchev–Trinajstić information content (AvgIpc) is 2.22. The van der Waals surface area contributed by atoms with Crippen molar-refractivity contribution in [3.63, 3.8) is 0 Å². The topological polar surface area (TPSA) is 61.8 Å². The zero-order chi connectivity index (χ0) is 13.0. The van der Waals surface area contributed by atoms with E-state index in [1.165, 1.54) is 21.3 Å². The number of ether oxygens (including phenoxy) is 1. The molecule has 1 atom stereocenters. The molecule has 96 valence electrons. The van der Waals surface area contributed by atoms with Crippen LogP contribution in [0.1, 0.15) is 0 Å². The van der Waals surface area contributed by atoms with Crippen molar-refractivity contribution in [1.29, 1.82) is 0 Å². The maximum atomic E-state index is 12.2. The van der Waals surface area contributed by atoms with Gasteiger partial charge in [-0.25, -0.2) is 0 Å². The van der Waals surface area contributed by atoms with E-state index in [0.29, 0.717) is 6.04 Å². The maximum Gasteiger partial charge on any atom is 0.344 e. The van der Waals surface area contributed by atoms with Gasteiger partial charge in [0.15, 0.2) is 5.66 Å². The summed E-state index contributed by atoms with van der Waals surface area (Å²) < 4.78 is 26.6. The fourth-order valence-electron chi connectivity index (χ4n) is 1.37. The molecular weight excluding hydrogens is 247 g/mol. The first-order chi connectivity index (χ1) is 7.20. The van der Waals surface area contributed by atoms with Gasteiger partial charge in [-0.3, -0.25) is 9.36 Å². The van der Waals surface area contributed by atoms with Gasteiger partial charge in [0.2, 0.25) is 0 Å². The van der Waals surface area contributed by atoms with E-state index >= 15 is 0 Å². The number of esters is 1. The third-order valence-electron chi connectivity index (χ3n) is 2.17. The van der Waals surface area contributed by atoms with Crippen molar-refractivity contribution < 1.29 is 23.1 Å². The predicted molar refractivity (Wildman–Crippen MR) is 65.6 cm³/mol. The van der Waals surface area contributed by atoms with Crippen molar-refractivity contribution in [3.05, 3.63) is 0 Å². The van der Waals surface area contributed by atoms with Crippen LogP contribution in [-0.4, -0.2) is 41.0 Å². The second-order valence-corrected chi connectivity index (χ2v) is 12.7. The lowest BCUT2D eigenvalue weighted by molar-refractivity contribution is -0.140. The van der Waals surface area contributed by atoms with E-state index in [2.05, 4.69) is 24.4 Å². The maximum absolute atomic E-state index is 12.2. The molecule has 5 nitrogen and oxygen atoms in total. The highest BCUT2D eigenvalue weighted by molar-refractivity contribution is 7.55. The summed E-state index contributed by atoms with van der Waals surface area (Å²) in [4.78, 5) is 11.6. The minimum atomic E-state index is -3.40. The van der Waals surface area contributed by atoms with Crippen LogP contribution in [0.5, 0.6) is 0 Å². The summed E-state index contributed by atoms with van der Waals surface area (Å²) in [5, 5.41) is 0. The van der Waals surface area contributed by atoms with E-state index in [0.717, 1.165) is 0 Å². The van der Waals surface area contributed by atoms with Gasteiger partial charge in [0.05, 0.1) is 7.11 Å². The lowest BCUT2D eigenvalue weighted by Gasteiger charge is -2.27. The van der Waals surface area contributed by atoms with Crippen LogP contribution in [0.3, 0.4) is 0 Å². The standard InChI is InChI=1S/C9H21O5PSi/c1-12-9(10)8(7-16(4,5)6)15(11,13-2)14-3/h8H,7H2,1-6H3. The van der Waals surface area contributed by atoms with Crippen molar-refractivity contribution in [2.45, 2.75) is 31.3 Å². The summed E-state index contributed by atoms with van der Waals surface area (Å²) in [5.74, 6) is -0.533. The molecule has 0 N–H and O–H groups in total. The van der Waals surface area contributed by atoms with Gasteiger partial charge in [-0.2, -0.15) is 0 Å². The van der Waals surface area contributed by atoms with E-state index in [9.17, 15) is 9.36 Å². The minimum Gasteiger partial charge on any atom is -0.468 e. The second kappa shape index (κ2) is 5.96. The number of carbonyl (C=O) groups is 1. The summed E-state index contributed by atoms with van der Waals surface area (Å²) in [6, 6.07) is 0.513. The lowest BCUT2D eigenvalue weighted by atomic mass is 10.5. The van der Waals surface area contributed by atoms with Gasteiger partial charge >= 0.3 is 13.6 Å². The second-order valence-electron chi connectivity index (χ2n) is 4.71. The molecule has 0 aromatic heterocycles. The Morgan fingerprint density at radius 1 is 1.19 bits per heavy atom. The molecular formula is C9H21O5PSi. The normalized spacial score (nSPS) is 14.6. The number of hydrogen-bond donors (Lipinski definition) is 0. The Balaban J connectivity index is 5.09. The highest BCUT2D eigenvalue weighted by atomic mass is 31.2. The monoisotopic (exact) mass is 268 g/mol. The molecule has 0 rings (SSSR count). The molecule has 0 aromatic carbocycles. The van der Waals surface area contributed by atoms with Gasteiger partial charge in [-0.1, -0.05) is 19.6 Å². The van der Waals surface area contributed by atoms with Crippen molar-refractivity contribution in [1.82, 2.24) is 0 Å². The quantitative estimate of drug-likeness (QED) is 0.420.